The van der Waals surface area contributed by atoms with E-state index in [-0.39, 0.29) is 73.2 Å². The first-order valence-corrected chi connectivity index (χ1v) is 20.9. The molecule has 23 heteroatoms. The summed E-state index contributed by atoms with van der Waals surface area (Å²) in [6.45, 7) is -0.877. The zero-order valence-corrected chi connectivity index (χ0v) is 37.8. The molecule has 2 aliphatic rings. The molecule has 0 saturated heterocycles. The van der Waals surface area contributed by atoms with E-state index in [2.05, 4.69) is 9.97 Å². The van der Waals surface area contributed by atoms with Crippen LogP contribution in [0.5, 0.6) is 40.2 Å². The molecule has 0 radical (unpaired) electrons. The molecule has 0 unspecified atom stereocenters. The van der Waals surface area contributed by atoms with Gasteiger partial charge in [-0.15, -0.1) is 0 Å². The highest BCUT2D eigenvalue weighted by Crippen LogP contribution is 2.47. The fourth-order valence-electron chi connectivity index (χ4n) is 9.27. The lowest BCUT2D eigenvalue weighted by atomic mass is 9.89. The smallest absolute Gasteiger partial charge is 0.348 e. The minimum Gasteiger partial charge on any atom is -0.508 e. The van der Waals surface area contributed by atoms with Gasteiger partial charge in [0, 0.05) is 76.4 Å². The minimum absolute atomic E-state index is 0.0751. The Morgan fingerprint density at radius 3 is 1.46 bits per heavy atom. The van der Waals surface area contributed by atoms with E-state index in [0.29, 0.717) is 50.6 Å². The van der Waals surface area contributed by atoms with Crippen LogP contribution in [0.25, 0.3) is 22.1 Å². The van der Waals surface area contributed by atoms with Crippen LogP contribution in [0.4, 0.5) is 0 Å². The molecule has 67 heavy (non-hydrogen) atoms. The highest BCUT2D eigenvalue weighted by Gasteiger charge is 2.43. The first-order chi connectivity index (χ1) is 32.2. The quantitative estimate of drug-likeness (QED) is 0.155. The van der Waals surface area contributed by atoms with E-state index in [4.69, 9.17) is 28.4 Å². The number of aromatic nitrogens is 10. The van der Waals surface area contributed by atoms with Crippen LogP contribution in [-0.2, 0) is 53.1 Å². The number of allylic oxidation sites excluding steroid dienone is 2. The number of aryl methyl sites for hydroxylation is 4. The first-order valence-electron chi connectivity index (χ1n) is 20.9. The highest BCUT2D eigenvalue weighted by molar-refractivity contribution is 5.80. The summed E-state index contributed by atoms with van der Waals surface area (Å²) in [5, 5.41) is 10.6. The molecule has 4 aromatic heterocycles. The van der Waals surface area contributed by atoms with Crippen molar-refractivity contribution in [3.8, 4) is 40.2 Å². The molecule has 6 heterocycles. The Labute approximate surface area is 377 Å². The second kappa shape index (κ2) is 16.6. The largest absolute Gasteiger partial charge is 0.508 e. The number of phenols is 1. The van der Waals surface area contributed by atoms with Crippen molar-refractivity contribution in [2.45, 2.75) is 51.1 Å². The molecular formula is C44H46N10O13. The zero-order valence-electron chi connectivity index (χ0n) is 37.8. The summed E-state index contributed by atoms with van der Waals surface area (Å²) in [4.78, 5) is 94.4. The fraction of sp³-hybridized carbons (Fsp3) is 0.364. The van der Waals surface area contributed by atoms with Crippen molar-refractivity contribution in [1.82, 2.24) is 47.0 Å². The van der Waals surface area contributed by atoms with Crippen LogP contribution in [0.2, 0.25) is 0 Å². The van der Waals surface area contributed by atoms with Crippen molar-refractivity contribution >= 4 is 22.1 Å². The number of aromatic hydroxyl groups is 1. The molecule has 0 fully saturated rings. The van der Waals surface area contributed by atoms with E-state index in [0.717, 1.165) is 9.13 Å². The van der Waals surface area contributed by atoms with Crippen LogP contribution in [0.3, 0.4) is 0 Å². The average molecular weight is 923 g/mol. The van der Waals surface area contributed by atoms with Crippen molar-refractivity contribution in [3.63, 3.8) is 0 Å². The number of benzene rings is 3. The summed E-state index contributed by atoms with van der Waals surface area (Å²) in [5.74, 6) is 1.59. The number of fused-ring (bicyclic) bond motifs is 6. The van der Waals surface area contributed by atoms with Gasteiger partial charge in [0.05, 0.1) is 89.4 Å². The van der Waals surface area contributed by atoms with E-state index in [1.165, 1.54) is 82.7 Å². The Morgan fingerprint density at radius 2 is 1.00 bits per heavy atom. The zero-order chi connectivity index (χ0) is 47.7. The van der Waals surface area contributed by atoms with Gasteiger partial charge < -0.3 is 42.7 Å². The summed E-state index contributed by atoms with van der Waals surface area (Å²) in [7, 11) is 11.8. The molecule has 0 spiro atoms. The van der Waals surface area contributed by atoms with E-state index < -0.39 is 46.0 Å². The molecule has 0 amide bonds. The van der Waals surface area contributed by atoms with Crippen molar-refractivity contribution in [1.29, 1.82) is 0 Å². The monoisotopic (exact) mass is 922 g/mol. The maximum absolute atomic E-state index is 14.7. The van der Waals surface area contributed by atoms with E-state index in [1.807, 2.05) is 0 Å². The van der Waals surface area contributed by atoms with Gasteiger partial charge in [-0.3, -0.25) is 9.59 Å². The van der Waals surface area contributed by atoms with E-state index in [1.54, 1.807) is 44.4 Å². The number of phenolic OH excluding ortho intramolecular Hbond substituents is 1. The molecule has 7 aromatic rings. The number of methoxy groups -OCH3 is 6. The molecule has 0 aliphatic carbocycles. The van der Waals surface area contributed by atoms with Crippen molar-refractivity contribution < 1.29 is 33.5 Å². The summed E-state index contributed by atoms with van der Waals surface area (Å²) in [6.07, 6.45) is 1.49. The van der Waals surface area contributed by atoms with Gasteiger partial charge in [-0.2, -0.15) is 0 Å². The minimum atomic E-state index is -1.18. The number of rotatable bonds is 13. The van der Waals surface area contributed by atoms with Gasteiger partial charge in [0.15, 0.2) is 23.0 Å². The molecule has 0 bridgehead atoms. The molecular weight excluding hydrogens is 877 g/mol. The fourth-order valence-corrected chi connectivity index (χ4v) is 9.27. The Hall–Kier alpha value is -8.24. The second-order valence-electron chi connectivity index (χ2n) is 15.9. The number of hydrogen-bond donors (Lipinski definition) is 1. The summed E-state index contributed by atoms with van der Waals surface area (Å²) >= 11 is 0. The van der Waals surface area contributed by atoms with Gasteiger partial charge in [0.25, 0.3) is 11.1 Å². The van der Waals surface area contributed by atoms with E-state index in [9.17, 15) is 33.9 Å². The Bertz CT molecular complexity index is 3580. The maximum Gasteiger partial charge on any atom is 0.348 e. The molecule has 3 aromatic carbocycles. The predicted molar refractivity (Wildman–Crippen MR) is 240 cm³/mol. The van der Waals surface area contributed by atoms with Crippen LogP contribution in [0.1, 0.15) is 29.0 Å². The van der Waals surface area contributed by atoms with Crippen LogP contribution in [-0.4, -0.2) is 94.7 Å². The van der Waals surface area contributed by atoms with E-state index >= 15 is 0 Å². The third-order valence-electron chi connectivity index (χ3n) is 12.6. The van der Waals surface area contributed by atoms with Gasteiger partial charge in [0.1, 0.15) is 34.7 Å². The van der Waals surface area contributed by atoms with Crippen LogP contribution < -0.4 is 62.3 Å². The second-order valence-corrected chi connectivity index (χ2v) is 15.9. The van der Waals surface area contributed by atoms with Crippen LogP contribution in [0, 0.1) is 0 Å². The van der Waals surface area contributed by atoms with Gasteiger partial charge in [-0.25, -0.2) is 57.0 Å². The molecule has 9 rings (SSSR count). The summed E-state index contributed by atoms with van der Waals surface area (Å²) < 4.78 is 42.8. The van der Waals surface area contributed by atoms with Gasteiger partial charge in [0.2, 0.25) is 0 Å². The molecule has 2 aliphatic heterocycles. The molecule has 0 saturated carbocycles. The molecule has 23 nitrogen and oxygen atoms in total. The van der Waals surface area contributed by atoms with Gasteiger partial charge in [-0.05, 0) is 5.57 Å². The topological polar surface area (TPSA) is 243 Å². The third-order valence-corrected chi connectivity index (χ3v) is 12.6. The number of nitrogens with zero attached hydrogens (tertiary/aromatic N) is 10. The average Bonchev–Trinajstić information content (AvgIpc) is 3.73. The Morgan fingerprint density at radius 1 is 0.567 bits per heavy atom. The van der Waals surface area contributed by atoms with Crippen LogP contribution in [0.15, 0.2) is 76.8 Å². The molecule has 2 atom stereocenters. The first kappa shape index (κ1) is 44.0. The Balaban J connectivity index is 1.13. The van der Waals surface area contributed by atoms with Crippen molar-refractivity contribution in [2.75, 3.05) is 42.7 Å². The molecule has 1 N–H and O–H groups in total. The lowest BCUT2D eigenvalue weighted by Gasteiger charge is -2.38. The lowest BCUT2D eigenvalue weighted by molar-refractivity contribution is 0.240. The third kappa shape index (κ3) is 6.78. The van der Waals surface area contributed by atoms with Crippen LogP contribution >= 0.6 is 0 Å². The standard InChI is InChI=1S/C44H46N10O13/c1-47-28-19-33(64-5)31(62-3)17-26(28)45-24(39(47)56)10-12-49-41(58)51-14-9-23-30(53(51)43(49)60)21-52-42(59)50(44(61)54(52)38(23)37-35(66-7)15-22(55)16-36(37)67-8)13-11-25-40(57)48(2)29-20-34(65-6)32(63-4)18-27(29)46-25/h9,15-20,30,38,55H,10-14,21H2,1-8H3/t30-,38-/m1/s1. The van der Waals surface area contributed by atoms with Crippen molar-refractivity contribution in [2.24, 2.45) is 14.1 Å². The lowest BCUT2D eigenvalue weighted by Crippen LogP contribution is -2.47. The number of hydrogen-bond acceptors (Lipinski definition) is 15. The summed E-state index contributed by atoms with van der Waals surface area (Å²) in [6, 6.07) is 6.98. The summed E-state index contributed by atoms with van der Waals surface area (Å²) in [5.41, 5.74) is -1.16. The van der Waals surface area contributed by atoms with Gasteiger partial charge in [-0.1, -0.05) is 6.08 Å². The normalized spacial score (nSPS) is 15.2. The maximum atomic E-state index is 14.7. The highest BCUT2D eigenvalue weighted by atomic mass is 16.5. The SMILES string of the molecule is COc1cc2nc(CCn3c(=O)n4n(c3=O)[C@@H]3Cn5c(=O)n(CCc6nc7cc(OC)c(OC)cc7n(C)c6=O)c(=O)n5[C@@H](c5c(OC)cc(O)cc5OC)C3=CC4)c(=O)n(C)c2cc1OC. The predicted octanol–water partition coefficient (Wildman–Crippen LogP) is 0.457. The Kier molecular flexibility index (Phi) is 10.9. The van der Waals surface area contributed by atoms with Crippen molar-refractivity contribution in [3.05, 3.63) is 128 Å². The molecule has 350 valence electrons. The van der Waals surface area contributed by atoms with Gasteiger partial charge >= 0.3 is 22.8 Å². The number of ether oxygens (including phenoxy) is 6.